The van der Waals surface area contributed by atoms with E-state index < -0.39 is 11.9 Å². The molecule has 1 aliphatic rings. The van der Waals surface area contributed by atoms with Gasteiger partial charge in [-0.15, -0.1) is 0 Å². The van der Waals surface area contributed by atoms with Crippen LogP contribution in [0.2, 0.25) is 0 Å². The van der Waals surface area contributed by atoms with Crippen LogP contribution >= 0.6 is 0 Å². The van der Waals surface area contributed by atoms with E-state index in [0.29, 0.717) is 12.8 Å². The fourth-order valence-electron chi connectivity index (χ4n) is 2.54. The van der Waals surface area contributed by atoms with Gasteiger partial charge in [-0.2, -0.15) is 0 Å². The molecule has 3 atom stereocenters. The number of hydrogen-bond donors (Lipinski definition) is 3. The average Bonchev–Trinajstić information content (AvgIpc) is 2.87. The largest absolute Gasteiger partial charge is 0.481 e. The molecule has 20 heavy (non-hydrogen) atoms. The maximum Gasteiger partial charge on any atom is 0.315 e. The van der Waals surface area contributed by atoms with Crippen molar-refractivity contribution in [1.29, 1.82) is 0 Å². The van der Waals surface area contributed by atoms with Crippen LogP contribution in [0.4, 0.5) is 4.79 Å². The normalized spacial score (nSPS) is 23.1. The molecule has 1 heterocycles. The van der Waals surface area contributed by atoms with Crippen LogP contribution in [-0.4, -0.2) is 28.1 Å². The molecule has 0 spiro atoms. The second kappa shape index (κ2) is 6.36. The molecule has 6 nitrogen and oxygen atoms in total. The average molecular weight is 277 g/mol. The van der Waals surface area contributed by atoms with Crippen LogP contribution in [0, 0.1) is 5.92 Å². The predicted octanol–water partition coefficient (Wildman–Crippen LogP) is 1.70. The third kappa shape index (κ3) is 3.46. The van der Waals surface area contributed by atoms with Crippen LogP contribution in [0.5, 0.6) is 0 Å². The summed E-state index contributed by atoms with van der Waals surface area (Å²) >= 11 is 0. The summed E-state index contributed by atoms with van der Waals surface area (Å²) in [6.45, 7) is 1.84. The Labute approximate surface area is 117 Å². The van der Waals surface area contributed by atoms with E-state index in [-0.39, 0.29) is 18.1 Å². The third-order valence-corrected chi connectivity index (χ3v) is 3.63. The van der Waals surface area contributed by atoms with E-state index in [2.05, 4.69) is 15.6 Å². The fraction of sp³-hybridized carbons (Fsp3) is 0.500. The SMILES string of the molecule is CC(NC(=O)NC1CCCC1C(=O)O)c1ccccn1. The number of urea groups is 1. The lowest BCUT2D eigenvalue weighted by Crippen LogP contribution is -2.46. The molecule has 1 saturated carbocycles. The van der Waals surface area contributed by atoms with Crippen LogP contribution in [0.1, 0.15) is 37.9 Å². The van der Waals surface area contributed by atoms with E-state index in [9.17, 15) is 9.59 Å². The van der Waals surface area contributed by atoms with Crippen LogP contribution < -0.4 is 10.6 Å². The summed E-state index contributed by atoms with van der Waals surface area (Å²) in [5, 5.41) is 14.6. The van der Waals surface area contributed by atoms with Gasteiger partial charge in [-0.25, -0.2) is 4.79 Å². The Kier molecular flexibility index (Phi) is 4.55. The van der Waals surface area contributed by atoms with E-state index in [0.717, 1.165) is 12.1 Å². The molecule has 3 N–H and O–H groups in total. The zero-order valence-electron chi connectivity index (χ0n) is 11.4. The highest BCUT2D eigenvalue weighted by Gasteiger charge is 2.34. The topological polar surface area (TPSA) is 91.3 Å². The van der Waals surface area contributed by atoms with Crippen molar-refractivity contribution in [3.05, 3.63) is 30.1 Å². The van der Waals surface area contributed by atoms with Crippen molar-refractivity contribution in [3.8, 4) is 0 Å². The number of carbonyl (C=O) groups excluding carboxylic acids is 1. The number of aromatic nitrogens is 1. The van der Waals surface area contributed by atoms with Crippen molar-refractivity contribution in [2.45, 2.75) is 38.3 Å². The minimum Gasteiger partial charge on any atom is -0.481 e. The van der Waals surface area contributed by atoms with Crippen LogP contribution in [-0.2, 0) is 4.79 Å². The zero-order chi connectivity index (χ0) is 14.5. The molecule has 3 unspecified atom stereocenters. The first-order valence-electron chi connectivity index (χ1n) is 6.78. The molecule has 108 valence electrons. The summed E-state index contributed by atoms with van der Waals surface area (Å²) in [6.07, 6.45) is 3.83. The van der Waals surface area contributed by atoms with Crippen molar-refractivity contribution in [1.82, 2.24) is 15.6 Å². The Balaban J connectivity index is 1.88. The molecule has 1 aromatic rings. The lowest BCUT2D eigenvalue weighted by molar-refractivity contribution is -0.142. The van der Waals surface area contributed by atoms with Crippen LogP contribution in [0.3, 0.4) is 0 Å². The maximum atomic E-state index is 11.9. The lowest BCUT2D eigenvalue weighted by Gasteiger charge is -2.20. The number of nitrogens with zero attached hydrogens (tertiary/aromatic N) is 1. The Morgan fingerprint density at radius 1 is 1.40 bits per heavy atom. The van der Waals surface area contributed by atoms with E-state index in [1.54, 1.807) is 6.20 Å². The molecular formula is C14H19N3O3. The summed E-state index contributed by atoms with van der Waals surface area (Å²) in [5.74, 6) is -1.32. The molecule has 0 saturated heterocycles. The van der Waals surface area contributed by atoms with Crippen molar-refractivity contribution in [3.63, 3.8) is 0 Å². The first-order valence-corrected chi connectivity index (χ1v) is 6.78. The van der Waals surface area contributed by atoms with Crippen molar-refractivity contribution in [2.75, 3.05) is 0 Å². The van der Waals surface area contributed by atoms with Gasteiger partial charge in [-0.1, -0.05) is 12.5 Å². The standard InChI is InChI=1S/C14H19N3O3/c1-9(11-6-2-3-8-15-11)16-14(20)17-12-7-4-5-10(12)13(18)19/h2-3,6,8-10,12H,4-5,7H2,1H3,(H,18,19)(H2,16,17,20). The van der Waals surface area contributed by atoms with Crippen molar-refractivity contribution in [2.24, 2.45) is 5.92 Å². The Hall–Kier alpha value is -2.11. The van der Waals surface area contributed by atoms with Crippen LogP contribution in [0.15, 0.2) is 24.4 Å². The summed E-state index contributed by atoms with van der Waals surface area (Å²) in [7, 11) is 0. The van der Waals surface area contributed by atoms with E-state index >= 15 is 0 Å². The van der Waals surface area contributed by atoms with E-state index in [1.165, 1.54) is 0 Å². The van der Waals surface area contributed by atoms with Gasteiger partial charge < -0.3 is 15.7 Å². The molecule has 0 radical (unpaired) electrons. The van der Waals surface area contributed by atoms with Crippen molar-refractivity contribution >= 4 is 12.0 Å². The molecule has 0 bridgehead atoms. The molecule has 1 fully saturated rings. The molecule has 0 aromatic carbocycles. The number of rotatable bonds is 4. The second-order valence-corrected chi connectivity index (χ2v) is 5.08. The Morgan fingerprint density at radius 3 is 2.85 bits per heavy atom. The van der Waals surface area contributed by atoms with E-state index in [4.69, 9.17) is 5.11 Å². The fourth-order valence-corrected chi connectivity index (χ4v) is 2.54. The van der Waals surface area contributed by atoms with Crippen molar-refractivity contribution < 1.29 is 14.7 Å². The minimum absolute atomic E-state index is 0.221. The highest BCUT2D eigenvalue weighted by Crippen LogP contribution is 2.25. The monoisotopic (exact) mass is 277 g/mol. The van der Waals surface area contributed by atoms with Gasteiger partial charge in [0.1, 0.15) is 0 Å². The summed E-state index contributed by atoms with van der Waals surface area (Å²) in [5.41, 5.74) is 0.767. The molecule has 0 aliphatic heterocycles. The van der Waals surface area contributed by atoms with Crippen LogP contribution in [0.25, 0.3) is 0 Å². The molecule has 1 aromatic heterocycles. The molecule has 2 amide bonds. The number of carboxylic acid groups (broad SMARTS) is 1. The maximum absolute atomic E-state index is 11.9. The number of hydrogen-bond acceptors (Lipinski definition) is 3. The highest BCUT2D eigenvalue weighted by molar-refractivity contribution is 5.77. The lowest BCUT2D eigenvalue weighted by atomic mass is 10.0. The van der Waals surface area contributed by atoms with Gasteiger partial charge >= 0.3 is 12.0 Å². The number of carboxylic acids is 1. The second-order valence-electron chi connectivity index (χ2n) is 5.08. The number of carbonyl (C=O) groups is 2. The smallest absolute Gasteiger partial charge is 0.315 e. The summed E-state index contributed by atoms with van der Waals surface area (Å²) < 4.78 is 0. The molecule has 2 rings (SSSR count). The zero-order valence-corrected chi connectivity index (χ0v) is 11.4. The van der Waals surface area contributed by atoms with Gasteiger partial charge in [0.25, 0.3) is 0 Å². The van der Waals surface area contributed by atoms with E-state index in [1.807, 2.05) is 25.1 Å². The molecule has 1 aliphatic carbocycles. The van der Waals surface area contributed by atoms with Gasteiger partial charge in [0.05, 0.1) is 17.7 Å². The summed E-state index contributed by atoms with van der Waals surface area (Å²) in [6, 6.07) is 4.65. The van der Waals surface area contributed by atoms with Gasteiger partial charge in [0.2, 0.25) is 0 Å². The Bertz CT molecular complexity index is 478. The van der Waals surface area contributed by atoms with Gasteiger partial charge in [0, 0.05) is 12.2 Å². The third-order valence-electron chi connectivity index (χ3n) is 3.63. The van der Waals surface area contributed by atoms with Gasteiger partial charge in [0.15, 0.2) is 0 Å². The first kappa shape index (κ1) is 14.3. The Morgan fingerprint density at radius 2 is 2.20 bits per heavy atom. The summed E-state index contributed by atoms with van der Waals surface area (Å²) in [4.78, 5) is 27.1. The number of amides is 2. The predicted molar refractivity (Wildman–Crippen MR) is 73.1 cm³/mol. The first-order chi connectivity index (χ1) is 9.58. The van der Waals surface area contributed by atoms with Gasteiger partial charge in [-0.3, -0.25) is 9.78 Å². The number of nitrogens with one attached hydrogen (secondary N) is 2. The molecule has 6 heteroatoms. The van der Waals surface area contributed by atoms with Gasteiger partial charge in [-0.05, 0) is 31.9 Å². The quantitative estimate of drug-likeness (QED) is 0.781. The minimum atomic E-state index is -0.842. The number of aliphatic carboxylic acids is 1. The highest BCUT2D eigenvalue weighted by atomic mass is 16.4. The molecular weight excluding hydrogens is 258 g/mol. The number of pyridine rings is 1.